The van der Waals surface area contributed by atoms with E-state index >= 15 is 0 Å². The van der Waals surface area contributed by atoms with Crippen molar-refractivity contribution in [3.8, 4) is 10.4 Å². The van der Waals surface area contributed by atoms with E-state index in [0.29, 0.717) is 33.8 Å². The van der Waals surface area contributed by atoms with Gasteiger partial charge in [0, 0.05) is 17.7 Å². The van der Waals surface area contributed by atoms with E-state index in [2.05, 4.69) is 11.9 Å². The predicted molar refractivity (Wildman–Crippen MR) is 127 cm³/mol. The molecule has 1 aromatic heterocycles. The van der Waals surface area contributed by atoms with E-state index in [1.807, 2.05) is 30.3 Å². The zero-order chi connectivity index (χ0) is 22.0. The summed E-state index contributed by atoms with van der Waals surface area (Å²) in [6, 6.07) is 9.98. The third-order valence-electron chi connectivity index (χ3n) is 8.15. The van der Waals surface area contributed by atoms with Crippen molar-refractivity contribution < 1.29 is 9.59 Å². The number of carbonyl (C=O) groups is 2. The lowest BCUT2D eigenvalue weighted by Crippen LogP contribution is -2.47. The summed E-state index contributed by atoms with van der Waals surface area (Å²) in [4.78, 5) is 26.9. The van der Waals surface area contributed by atoms with Gasteiger partial charge in [0.05, 0.1) is 21.8 Å². The maximum atomic E-state index is 13.0. The van der Waals surface area contributed by atoms with Gasteiger partial charge in [0.1, 0.15) is 5.78 Å². The van der Waals surface area contributed by atoms with Crippen molar-refractivity contribution in [1.82, 2.24) is 5.32 Å². The zero-order valence-corrected chi connectivity index (χ0v) is 19.0. The Labute approximate surface area is 192 Å². The van der Waals surface area contributed by atoms with E-state index in [1.165, 1.54) is 49.9 Å². The number of fused-ring (bicyclic) bond motifs is 1. The van der Waals surface area contributed by atoms with E-state index in [-0.39, 0.29) is 11.6 Å². The fourth-order valence-electron chi connectivity index (χ4n) is 7.29. The SMILES string of the molecule is C=C1NC(=O)c2cc(-c3ccc(CC(=O)CC45CC6CC(CC(C6)C4)C5)cc3)sc2C1=N. The first-order valence-electron chi connectivity index (χ1n) is 11.7. The Morgan fingerprint density at radius 3 is 2.34 bits per heavy atom. The van der Waals surface area contributed by atoms with Gasteiger partial charge in [-0.1, -0.05) is 30.8 Å². The molecule has 0 radical (unpaired) electrons. The molecule has 0 unspecified atom stereocenters. The molecule has 0 spiro atoms. The Kier molecular flexibility index (Phi) is 4.55. The van der Waals surface area contributed by atoms with Crippen molar-refractivity contribution in [3.63, 3.8) is 0 Å². The minimum Gasteiger partial charge on any atom is -0.321 e. The topological polar surface area (TPSA) is 70.0 Å². The molecule has 4 saturated carbocycles. The summed E-state index contributed by atoms with van der Waals surface area (Å²) in [5, 5.41) is 10.8. The lowest BCUT2D eigenvalue weighted by Gasteiger charge is -2.56. The minimum atomic E-state index is -0.199. The summed E-state index contributed by atoms with van der Waals surface area (Å²) in [5.41, 5.74) is 3.54. The van der Waals surface area contributed by atoms with Gasteiger partial charge in [-0.05, 0) is 78.9 Å². The van der Waals surface area contributed by atoms with Crippen LogP contribution in [0.3, 0.4) is 0 Å². The standard InChI is InChI=1S/C27H28N2O2S/c1-15-24(28)25-22(26(31)29-15)10-23(32-25)20-4-2-16(3-5-20)9-21(30)14-27-11-17-6-18(12-27)8-19(7-17)13-27/h2-5,10,17-19,28H,1,6-9,11-14H2,(H,29,31). The van der Waals surface area contributed by atoms with Crippen molar-refractivity contribution in [2.75, 3.05) is 0 Å². The maximum Gasteiger partial charge on any atom is 0.257 e. The van der Waals surface area contributed by atoms with Crippen LogP contribution in [0.25, 0.3) is 10.4 Å². The molecule has 1 amide bonds. The summed E-state index contributed by atoms with van der Waals surface area (Å²) in [6.07, 6.45) is 9.35. The number of benzene rings is 1. The molecule has 4 fully saturated rings. The molecule has 2 heterocycles. The van der Waals surface area contributed by atoms with Gasteiger partial charge in [-0.2, -0.15) is 0 Å². The number of nitrogens with one attached hydrogen (secondary N) is 2. The van der Waals surface area contributed by atoms with E-state index in [9.17, 15) is 9.59 Å². The van der Waals surface area contributed by atoms with E-state index in [4.69, 9.17) is 5.41 Å². The number of ketones is 1. The van der Waals surface area contributed by atoms with Gasteiger partial charge in [0.15, 0.2) is 0 Å². The summed E-state index contributed by atoms with van der Waals surface area (Å²) in [7, 11) is 0. The average molecular weight is 445 g/mol. The smallest absolute Gasteiger partial charge is 0.257 e. The number of allylic oxidation sites excluding steroid dienone is 1. The number of rotatable bonds is 5. The molecule has 5 heteroatoms. The Morgan fingerprint density at radius 2 is 1.72 bits per heavy atom. The van der Waals surface area contributed by atoms with Crippen LogP contribution >= 0.6 is 11.3 Å². The van der Waals surface area contributed by atoms with Crippen LogP contribution in [-0.4, -0.2) is 17.4 Å². The molecular formula is C27H28N2O2S. The molecule has 5 aliphatic rings. The highest BCUT2D eigenvalue weighted by molar-refractivity contribution is 7.18. The number of Topliss-reactive ketones (excluding diaryl/α,β-unsaturated/α-hetero) is 1. The molecule has 1 aromatic carbocycles. The molecule has 4 bridgehead atoms. The fourth-order valence-corrected chi connectivity index (χ4v) is 8.43. The Morgan fingerprint density at radius 1 is 1.09 bits per heavy atom. The van der Waals surface area contributed by atoms with Crippen LogP contribution < -0.4 is 5.32 Å². The highest BCUT2D eigenvalue weighted by atomic mass is 32.1. The predicted octanol–water partition coefficient (Wildman–Crippen LogP) is 5.76. The molecule has 7 rings (SSSR count). The maximum absolute atomic E-state index is 13.0. The molecule has 32 heavy (non-hydrogen) atoms. The van der Waals surface area contributed by atoms with Crippen LogP contribution in [0, 0.1) is 28.6 Å². The Hall–Kier alpha value is -2.53. The van der Waals surface area contributed by atoms with Crippen molar-refractivity contribution in [3.05, 3.63) is 58.6 Å². The van der Waals surface area contributed by atoms with Crippen LogP contribution in [0.1, 0.15) is 65.7 Å². The van der Waals surface area contributed by atoms with Gasteiger partial charge < -0.3 is 5.32 Å². The number of thiophene rings is 1. The summed E-state index contributed by atoms with van der Waals surface area (Å²) in [5.74, 6) is 2.83. The molecular weight excluding hydrogens is 416 g/mol. The van der Waals surface area contributed by atoms with E-state index < -0.39 is 0 Å². The number of amides is 1. The molecule has 4 aliphatic carbocycles. The molecule has 2 N–H and O–H groups in total. The van der Waals surface area contributed by atoms with Crippen LogP contribution in [0.4, 0.5) is 0 Å². The van der Waals surface area contributed by atoms with Crippen LogP contribution in [0.2, 0.25) is 0 Å². The van der Waals surface area contributed by atoms with Gasteiger partial charge in [-0.3, -0.25) is 15.0 Å². The second kappa shape index (κ2) is 7.24. The third kappa shape index (κ3) is 3.38. The molecule has 2 aromatic rings. The first-order valence-corrected chi connectivity index (χ1v) is 12.5. The van der Waals surface area contributed by atoms with Gasteiger partial charge >= 0.3 is 0 Å². The molecule has 0 saturated heterocycles. The van der Waals surface area contributed by atoms with Crippen molar-refractivity contribution in [1.29, 1.82) is 5.41 Å². The normalized spacial score (nSPS) is 30.4. The molecule has 0 atom stereocenters. The lowest BCUT2D eigenvalue weighted by molar-refractivity contribution is -0.126. The number of carbonyl (C=O) groups excluding carboxylic acids is 2. The van der Waals surface area contributed by atoms with Crippen LogP contribution in [0.15, 0.2) is 42.6 Å². The first-order chi connectivity index (χ1) is 15.4. The lowest BCUT2D eigenvalue weighted by atomic mass is 9.48. The van der Waals surface area contributed by atoms with Gasteiger partial charge in [-0.25, -0.2) is 0 Å². The zero-order valence-electron chi connectivity index (χ0n) is 18.2. The first kappa shape index (κ1) is 20.1. The molecule has 1 aliphatic heterocycles. The fraction of sp³-hybridized carbons (Fsp3) is 0.444. The monoisotopic (exact) mass is 444 g/mol. The average Bonchev–Trinajstić information content (AvgIpc) is 3.17. The largest absolute Gasteiger partial charge is 0.321 e. The van der Waals surface area contributed by atoms with Crippen LogP contribution in [-0.2, 0) is 11.2 Å². The van der Waals surface area contributed by atoms with Gasteiger partial charge in [-0.15, -0.1) is 11.3 Å². The van der Waals surface area contributed by atoms with Crippen molar-refractivity contribution in [2.45, 2.75) is 51.4 Å². The minimum absolute atomic E-state index is 0.199. The molecule has 4 nitrogen and oxygen atoms in total. The second-order valence-corrected chi connectivity index (χ2v) is 11.7. The summed E-state index contributed by atoms with van der Waals surface area (Å²) < 4.78 is 0. The Balaban J connectivity index is 1.15. The highest BCUT2D eigenvalue weighted by Gasteiger charge is 2.51. The number of hydrogen-bond donors (Lipinski definition) is 2. The highest BCUT2D eigenvalue weighted by Crippen LogP contribution is 2.61. The molecule has 164 valence electrons. The van der Waals surface area contributed by atoms with Crippen molar-refractivity contribution >= 4 is 28.7 Å². The van der Waals surface area contributed by atoms with Gasteiger partial charge in [0.2, 0.25) is 0 Å². The second-order valence-electron chi connectivity index (χ2n) is 10.7. The summed E-state index contributed by atoms with van der Waals surface area (Å²) in [6.45, 7) is 3.75. The number of hydrogen-bond acceptors (Lipinski definition) is 4. The van der Waals surface area contributed by atoms with Crippen LogP contribution in [0.5, 0.6) is 0 Å². The summed E-state index contributed by atoms with van der Waals surface area (Å²) >= 11 is 1.45. The van der Waals surface area contributed by atoms with Crippen molar-refractivity contribution in [2.24, 2.45) is 23.2 Å². The van der Waals surface area contributed by atoms with E-state index in [0.717, 1.165) is 40.2 Å². The Bertz CT molecular complexity index is 1120. The quantitative estimate of drug-likeness (QED) is 0.616. The van der Waals surface area contributed by atoms with E-state index in [1.54, 1.807) is 0 Å². The third-order valence-corrected chi connectivity index (χ3v) is 9.35. The van der Waals surface area contributed by atoms with Gasteiger partial charge in [0.25, 0.3) is 5.91 Å².